The molecule has 0 aliphatic heterocycles. The summed E-state index contributed by atoms with van der Waals surface area (Å²) in [5.74, 6) is 0.253. The van der Waals surface area contributed by atoms with Crippen molar-refractivity contribution in [3.63, 3.8) is 0 Å². The van der Waals surface area contributed by atoms with Crippen LogP contribution in [0, 0.1) is 6.92 Å². The number of rotatable bonds is 9. The number of aryl methyl sites for hydroxylation is 1. The van der Waals surface area contributed by atoms with Gasteiger partial charge in [0.25, 0.3) is 5.91 Å². The maximum Gasteiger partial charge on any atom is 0.261 e. The highest BCUT2D eigenvalue weighted by molar-refractivity contribution is 6.35. The molecule has 1 aliphatic rings. The number of nitrogens with one attached hydrogen (secondary N) is 1. The first-order valence-corrected chi connectivity index (χ1v) is 12.4. The van der Waals surface area contributed by atoms with Crippen molar-refractivity contribution in [1.29, 1.82) is 0 Å². The molecule has 1 fully saturated rings. The Morgan fingerprint density at radius 2 is 1.85 bits per heavy atom. The van der Waals surface area contributed by atoms with Crippen LogP contribution in [0.3, 0.4) is 0 Å². The van der Waals surface area contributed by atoms with Gasteiger partial charge in [0, 0.05) is 22.6 Å². The number of benzene rings is 2. The van der Waals surface area contributed by atoms with Crippen molar-refractivity contribution in [2.75, 3.05) is 6.61 Å². The number of nitrogens with zero attached hydrogens (tertiary/aromatic N) is 1. The SMILES string of the molecule is CCC(C(=O)NC1CCCCC1)N(Cc1ccc(Cl)cc1Cl)C(=O)COc1ccccc1C. The molecule has 2 aromatic rings. The van der Waals surface area contributed by atoms with E-state index in [4.69, 9.17) is 27.9 Å². The average molecular weight is 491 g/mol. The van der Waals surface area contributed by atoms with E-state index in [0.29, 0.717) is 22.2 Å². The predicted octanol–water partition coefficient (Wildman–Crippen LogP) is 5.94. The van der Waals surface area contributed by atoms with E-state index in [0.717, 1.165) is 36.8 Å². The van der Waals surface area contributed by atoms with Crippen molar-refractivity contribution >= 4 is 35.0 Å². The lowest BCUT2D eigenvalue weighted by atomic mass is 9.95. The van der Waals surface area contributed by atoms with Crippen molar-refractivity contribution in [2.45, 2.75) is 71.0 Å². The first-order valence-electron chi connectivity index (χ1n) is 11.6. The third-order valence-corrected chi connectivity index (χ3v) is 6.72. The molecule has 5 nitrogen and oxygen atoms in total. The Morgan fingerprint density at radius 1 is 1.12 bits per heavy atom. The second-order valence-corrected chi connectivity index (χ2v) is 9.42. The van der Waals surface area contributed by atoms with Gasteiger partial charge < -0.3 is 15.0 Å². The largest absolute Gasteiger partial charge is 0.484 e. The number of para-hydroxylation sites is 1. The molecule has 0 bridgehead atoms. The third-order valence-electron chi connectivity index (χ3n) is 6.14. The van der Waals surface area contributed by atoms with Gasteiger partial charge in [-0.2, -0.15) is 0 Å². The van der Waals surface area contributed by atoms with Gasteiger partial charge in [0.15, 0.2) is 6.61 Å². The summed E-state index contributed by atoms with van der Waals surface area (Å²) < 4.78 is 5.81. The summed E-state index contributed by atoms with van der Waals surface area (Å²) in [6.45, 7) is 3.88. The Kier molecular flexibility index (Phi) is 9.45. The van der Waals surface area contributed by atoms with Gasteiger partial charge in [0.2, 0.25) is 5.91 Å². The smallest absolute Gasteiger partial charge is 0.261 e. The van der Waals surface area contributed by atoms with Gasteiger partial charge in [-0.25, -0.2) is 0 Å². The Labute approximate surface area is 206 Å². The predicted molar refractivity (Wildman–Crippen MR) is 133 cm³/mol. The maximum atomic E-state index is 13.4. The Balaban J connectivity index is 1.79. The third kappa shape index (κ3) is 7.12. The zero-order valence-electron chi connectivity index (χ0n) is 19.3. The molecule has 3 rings (SSSR count). The molecule has 0 aromatic heterocycles. The first-order chi connectivity index (χ1) is 15.9. The van der Waals surface area contributed by atoms with Crippen molar-refractivity contribution in [3.05, 3.63) is 63.6 Å². The van der Waals surface area contributed by atoms with E-state index in [1.54, 1.807) is 23.1 Å². The molecule has 1 unspecified atom stereocenters. The highest BCUT2D eigenvalue weighted by atomic mass is 35.5. The molecule has 0 saturated heterocycles. The summed E-state index contributed by atoms with van der Waals surface area (Å²) in [7, 11) is 0. The van der Waals surface area contributed by atoms with Crippen molar-refractivity contribution in [2.24, 2.45) is 0 Å². The van der Waals surface area contributed by atoms with Crippen LogP contribution in [0.1, 0.15) is 56.6 Å². The zero-order chi connectivity index (χ0) is 23.8. The molecule has 7 heteroatoms. The van der Waals surface area contributed by atoms with E-state index in [1.165, 1.54) is 6.42 Å². The summed E-state index contributed by atoms with van der Waals surface area (Å²) in [6.07, 6.45) is 5.90. The van der Waals surface area contributed by atoms with Gasteiger partial charge in [-0.3, -0.25) is 9.59 Å². The highest BCUT2D eigenvalue weighted by Crippen LogP contribution is 2.25. The average Bonchev–Trinajstić information content (AvgIpc) is 2.80. The maximum absolute atomic E-state index is 13.4. The zero-order valence-corrected chi connectivity index (χ0v) is 20.8. The summed E-state index contributed by atoms with van der Waals surface area (Å²) in [5, 5.41) is 4.15. The van der Waals surface area contributed by atoms with E-state index < -0.39 is 6.04 Å². The summed E-state index contributed by atoms with van der Waals surface area (Å²) >= 11 is 12.4. The van der Waals surface area contributed by atoms with Gasteiger partial charge in [-0.1, -0.05) is 73.7 Å². The topological polar surface area (TPSA) is 58.6 Å². The highest BCUT2D eigenvalue weighted by Gasteiger charge is 2.31. The summed E-state index contributed by atoms with van der Waals surface area (Å²) in [4.78, 5) is 28.2. The molecular weight excluding hydrogens is 459 g/mol. The minimum absolute atomic E-state index is 0.126. The Hall–Kier alpha value is -2.24. The lowest BCUT2D eigenvalue weighted by Crippen LogP contribution is -2.52. The van der Waals surface area contributed by atoms with Crippen LogP contribution in [0.25, 0.3) is 0 Å². The van der Waals surface area contributed by atoms with Crippen LogP contribution in [0.4, 0.5) is 0 Å². The van der Waals surface area contributed by atoms with E-state index in [1.807, 2.05) is 38.1 Å². The van der Waals surface area contributed by atoms with E-state index in [-0.39, 0.29) is 31.0 Å². The molecule has 1 saturated carbocycles. The molecule has 2 aromatic carbocycles. The number of hydrogen-bond donors (Lipinski definition) is 1. The molecule has 2 amide bonds. The second kappa shape index (κ2) is 12.3. The van der Waals surface area contributed by atoms with Gasteiger partial charge in [0.05, 0.1) is 0 Å². The van der Waals surface area contributed by atoms with Crippen LogP contribution >= 0.6 is 23.2 Å². The standard InChI is InChI=1S/C26H32Cl2N2O3/c1-3-23(26(32)29-21-10-5-4-6-11-21)30(16-19-13-14-20(27)15-22(19)28)25(31)17-33-24-12-8-7-9-18(24)2/h7-9,12-15,21,23H,3-6,10-11,16-17H2,1-2H3,(H,29,32). The second-order valence-electron chi connectivity index (χ2n) is 8.58. The van der Waals surface area contributed by atoms with Crippen molar-refractivity contribution in [3.8, 4) is 5.75 Å². The molecule has 1 aliphatic carbocycles. The summed E-state index contributed by atoms with van der Waals surface area (Å²) in [6, 6.07) is 12.3. The minimum atomic E-state index is -0.619. The van der Waals surface area contributed by atoms with E-state index in [9.17, 15) is 9.59 Å². The fraction of sp³-hybridized carbons (Fsp3) is 0.462. The molecule has 1 N–H and O–H groups in total. The van der Waals surface area contributed by atoms with Crippen molar-refractivity contribution < 1.29 is 14.3 Å². The van der Waals surface area contributed by atoms with Gasteiger partial charge >= 0.3 is 0 Å². The molecule has 0 radical (unpaired) electrons. The molecule has 1 atom stereocenters. The van der Waals surface area contributed by atoms with Gasteiger partial charge in [-0.05, 0) is 55.5 Å². The molecule has 0 spiro atoms. The van der Waals surface area contributed by atoms with Crippen LogP contribution in [-0.4, -0.2) is 35.4 Å². The summed E-state index contributed by atoms with van der Waals surface area (Å²) in [5.41, 5.74) is 1.67. The monoisotopic (exact) mass is 490 g/mol. The van der Waals surface area contributed by atoms with Gasteiger partial charge in [-0.15, -0.1) is 0 Å². The molecule has 178 valence electrons. The van der Waals surface area contributed by atoms with Crippen LogP contribution in [0.15, 0.2) is 42.5 Å². The minimum Gasteiger partial charge on any atom is -0.484 e. The number of amides is 2. The lowest BCUT2D eigenvalue weighted by Gasteiger charge is -2.33. The number of ether oxygens (including phenoxy) is 1. The lowest BCUT2D eigenvalue weighted by molar-refractivity contribution is -0.143. The fourth-order valence-corrected chi connectivity index (χ4v) is 4.71. The van der Waals surface area contributed by atoms with E-state index in [2.05, 4.69) is 5.32 Å². The number of hydrogen-bond acceptors (Lipinski definition) is 3. The molecule has 0 heterocycles. The molecular formula is C26H32Cl2N2O3. The number of halogens is 2. The van der Waals surface area contributed by atoms with E-state index >= 15 is 0 Å². The molecule has 33 heavy (non-hydrogen) atoms. The quantitative estimate of drug-likeness (QED) is 0.473. The van der Waals surface area contributed by atoms with Gasteiger partial charge in [0.1, 0.15) is 11.8 Å². The van der Waals surface area contributed by atoms with Crippen LogP contribution < -0.4 is 10.1 Å². The number of carbonyl (C=O) groups is 2. The fourth-order valence-electron chi connectivity index (χ4n) is 4.24. The normalized spacial score (nSPS) is 15.0. The first kappa shape index (κ1) is 25.4. The van der Waals surface area contributed by atoms with Crippen LogP contribution in [0.5, 0.6) is 5.75 Å². The van der Waals surface area contributed by atoms with Crippen LogP contribution in [0.2, 0.25) is 10.0 Å². The van der Waals surface area contributed by atoms with Crippen molar-refractivity contribution in [1.82, 2.24) is 10.2 Å². The Bertz CT molecular complexity index is 960. The Morgan fingerprint density at radius 3 is 2.52 bits per heavy atom. The van der Waals surface area contributed by atoms with Crippen LogP contribution in [-0.2, 0) is 16.1 Å². The number of carbonyl (C=O) groups excluding carboxylic acids is 2.